The molecule has 2 rings (SSSR count). The van der Waals surface area contributed by atoms with Crippen molar-refractivity contribution in [3.63, 3.8) is 0 Å². The van der Waals surface area contributed by atoms with Crippen LogP contribution in [-0.2, 0) is 0 Å². The second-order valence-electron chi connectivity index (χ2n) is 4.16. The summed E-state index contributed by atoms with van der Waals surface area (Å²) in [6.07, 6.45) is 0. The summed E-state index contributed by atoms with van der Waals surface area (Å²) in [4.78, 5) is 8.83. The van der Waals surface area contributed by atoms with Crippen LogP contribution in [0.15, 0.2) is 6.07 Å². The fraction of sp³-hybridized carbons (Fsp3) is 0.417. The van der Waals surface area contributed by atoms with Gasteiger partial charge in [-0.3, -0.25) is 0 Å². The van der Waals surface area contributed by atoms with Crippen LogP contribution in [0.5, 0.6) is 0 Å². The molecule has 2 heterocycles. The Morgan fingerprint density at radius 3 is 2.35 bits per heavy atom. The molecule has 5 heteroatoms. The van der Waals surface area contributed by atoms with E-state index in [0.29, 0.717) is 0 Å². The number of aryl methyl sites for hydroxylation is 3. The molecular weight excluding hydrogens is 214 g/mol. The van der Waals surface area contributed by atoms with Gasteiger partial charge in [0, 0.05) is 18.3 Å². The lowest BCUT2D eigenvalue weighted by molar-refractivity contribution is 0.785. The average Bonchev–Trinajstić information content (AvgIpc) is 2.60. The summed E-state index contributed by atoms with van der Waals surface area (Å²) in [6, 6.07) is 2.04. The summed E-state index contributed by atoms with van der Waals surface area (Å²) in [6.45, 7) is 7.88. The highest BCUT2D eigenvalue weighted by Gasteiger charge is 2.12. The fourth-order valence-corrected chi connectivity index (χ4v) is 1.91. The molecule has 17 heavy (non-hydrogen) atoms. The second-order valence-corrected chi connectivity index (χ2v) is 4.16. The molecule has 0 aromatic carbocycles. The molecule has 2 aromatic rings. The molecule has 0 unspecified atom stereocenters. The van der Waals surface area contributed by atoms with Crippen molar-refractivity contribution >= 4 is 5.82 Å². The van der Waals surface area contributed by atoms with Crippen LogP contribution in [0.1, 0.15) is 22.8 Å². The van der Waals surface area contributed by atoms with Crippen LogP contribution in [0.25, 0.3) is 5.82 Å². The van der Waals surface area contributed by atoms with E-state index in [4.69, 9.17) is 0 Å². The standard InChI is InChI=1S/C12H17N5/c1-7-6-8(2)17(16-7)12-9(3)11(13-5)14-10(4)15-12/h6H,1-5H3,(H,13,14,15). The molecule has 0 bridgehead atoms. The Hall–Kier alpha value is -1.91. The Balaban J connectivity index is 2.66. The number of hydrogen-bond donors (Lipinski definition) is 1. The predicted molar refractivity (Wildman–Crippen MR) is 67.6 cm³/mol. The Labute approximate surface area is 101 Å². The number of rotatable bonds is 2. The van der Waals surface area contributed by atoms with Crippen molar-refractivity contribution in [2.75, 3.05) is 12.4 Å². The Morgan fingerprint density at radius 2 is 1.82 bits per heavy atom. The van der Waals surface area contributed by atoms with E-state index in [1.807, 2.05) is 45.5 Å². The number of anilines is 1. The first-order valence-corrected chi connectivity index (χ1v) is 5.59. The number of nitrogens with one attached hydrogen (secondary N) is 1. The van der Waals surface area contributed by atoms with Gasteiger partial charge in [-0.15, -0.1) is 0 Å². The first-order valence-electron chi connectivity index (χ1n) is 5.59. The molecule has 0 saturated carbocycles. The third-order valence-corrected chi connectivity index (χ3v) is 2.68. The smallest absolute Gasteiger partial charge is 0.162 e. The van der Waals surface area contributed by atoms with E-state index < -0.39 is 0 Å². The first kappa shape index (κ1) is 11.6. The number of aromatic nitrogens is 4. The molecule has 0 saturated heterocycles. The van der Waals surface area contributed by atoms with Crippen molar-refractivity contribution in [3.8, 4) is 5.82 Å². The third-order valence-electron chi connectivity index (χ3n) is 2.68. The molecule has 0 atom stereocenters. The monoisotopic (exact) mass is 231 g/mol. The quantitative estimate of drug-likeness (QED) is 0.858. The maximum absolute atomic E-state index is 4.48. The minimum absolute atomic E-state index is 0.738. The summed E-state index contributed by atoms with van der Waals surface area (Å²) in [5.41, 5.74) is 3.07. The lowest BCUT2D eigenvalue weighted by Gasteiger charge is -2.11. The summed E-state index contributed by atoms with van der Waals surface area (Å²) in [5, 5.41) is 7.54. The van der Waals surface area contributed by atoms with Gasteiger partial charge in [0.25, 0.3) is 0 Å². The van der Waals surface area contributed by atoms with Gasteiger partial charge in [-0.05, 0) is 33.8 Å². The van der Waals surface area contributed by atoms with E-state index in [1.54, 1.807) is 0 Å². The van der Waals surface area contributed by atoms with E-state index in [-0.39, 0.29) is 0 Å². The van der Waals surface area contributed by atoms with Crippen LogP contribution in [0.4, 0.5) is 5.82 Å². The van der Waals surface area contributed by atoms with Crippen LogP contribution in [0.2, 0.25) is 0 Å². The summed E-state index contributed by atoms with van der Waals surface area (Å²) in [7, 11) is 1.86. The first-order chi connectivity index (χ1) is 8.02. The van der Waals surface area contributed by atoms with Gasteiger partial charge >= 0.3 is 0 Å². The predicted octanol–water partition coefficient (Wildman–Crippen LogP) is 1.94. The third kappa shape index (κ3) is 2.00. The number of hydrogen-bond acceptors (Lipinski definition) is 4. The molecule has 0 fully saturated rings. The van der Waals surface area contributed by atoms with Crippen molar-refractivity contribution in [2.24, 2.45) is 0 Å². The largest absolute Gasteiger partial charge is 0.373 e. The molecule has 0 radical (unpaired) electrons. The maximum atomic E-state index is 4.48. The molecule has 0 amide bonds. The van der Waals surface area contributed by atoms with Gasteiger partial charge < -0.3 is 5.32 Å². The highest BCUT2D eigenvalue weighted by atomic mass is 15.3. The lowest BCUT2D eigenvalue weighted by atomic mass is 10.3. The molecule has 90 valence electrons. The van der Waals surface area contributed by atoms with E-state index in [0.717, 1.165) is 34.4 Å². The van der Waals surface area contributed by atoms with Crippen molar-refractivity contribution in [1.82, 2.24) is 19.7 Å². The van der Waals surface area contributed by atoms with Crippen molar-refractivity contribution in [1.29, 1.82) is 0 Å². The number of nitrogens with zero attached hydrogens (tertiary/aromatic N) is 4. The van der Waals surface area contributed by atoms with Gasteiger partial charge in [0.2, 0.25) is 0 Å². The fourth-order valence-electron chi connectivity index (χ4n) is 1.91. The Kier molecular flexibility index (Phi) is 2.83. The van der Waals surface area contributed by atoms with Crippen LogP contribution >= 0.6 is 0 Å². The minimum Gasteiger partial charge on any atom is -0.373 e. The molecule has 5 nitrogen and oxygen atoms in total. The minimum atomic E-state index is 0.738. The summed E-state index contributed by atoms with van der Waals surface area (Å²) < 4.78 is 1.86. The molecule has 0 aliphatic heterocycles. The highest BCUT2D eigenvalue weighted by Crippen LogP contribution is 2.19. The Morgan fingerprint density at radius 1 is 1.12 bits per heavy atom. The van der Waals surface area contributed by atoms with Crippen LogP contribution in [0.3, 0.4) is 0 Å². The highest BCUT2D eigenvalue weighted by molar-refractivity contribution is 5.51. The van der Waals surface area contributed by atoms with Crippen LogP contribution in [0, 0.1) is 27.7 Å². The van der Waals surface area contributed by atoms with E-state index in [9.17, 15) is 0 Å². The average molecular weight is 231 g/mol. The van der Waals surface area contributed by atoms with E-state index in [2.05, 4.69) is 20.4 Å². The van der Waals surface area contributed by atoms with Gasteiger partial charge in [-0.1, -0.05) is 0 Å². The van der Waals surface area contributed by atoms with Crippen molar-refractivity contribution in [3.05, 3.63) is 28.8 Å². The summed E-state index contributed by atoms with van der Waals surface area (Å²) >= 11 is 0. The van der Waals surface area contributed by atoms with Gasteiger partial charge in [0.1, 0.15) is 11.6 Å². The van der Waals surface area contributed by atoms with Crippen LogP contribution in [-0.4, -0.2) is 26.8 Å². The topological polar surface area (TPSA) is 55.6 Å². The molecule has 2 aromatic heterocycles. The van der Waals surface area contributed by atoms with Gasteiger partial charge in [-0.2, -0.15) is 5.10 Å². The molecule has 0 spiro atoms. The lowest BCUT2D eigenvalue weighted by Crippen LogP contribution is -2.10. The van der Waals surface area contributed by atoms with E-state index in [1.165, 1.54) is 0 Å². The van der Waals surface area contributed by atoms with E-state index >= 15 is 0 Å². The van der Waals surface area contributed by atoms with Crippen LogP contribution < -0.4 is 5.32 Å². The zero-order valence-electron chi connectivity index (χ0n) is 10.9. The normalized spacial score (nSPS) is 10.6. The molecular formula is C12H17N5. The van der Waals surface area contributed by atoms with Gasteiger partial charge in [0.05, 0.1) is 5.69 Å². The molecule has 0 aliphatic rings. The zero-order chi connectivity index (χ0) is 12.6. The zero-order valence-corrected chi connectivity index (χ0v) is 10.9. The summed E-state index contributed by atoms with van der Waals surface area (Å²) in [5.74, 6) is 2.43. The van der Waals surface area contributed by atoms with Crippen molar-refractivity contribution < 1.29 is 0 Å². The second kappa shape index (κ2) is 4.16. The maximum Gasteiger partial charge on any atom is 0.162 e. The SMILES string of the molecule is CNc1nc(C)nc(-n2nc(C)cc2C)c1C. The van der Waals surface area contributed by atoms with Gasteiger partial charge in [-0.25, -0.2) is 14.6 Å². The molecule has 0 aliphatic carbocycles. The Bertz CT molecular complexity index is 556. The molecule has 1 N–H and O–H groups in total. The van der Waals surface area contributed by atoms with Gasteiger partial charge in [0.15, 0.2) is 5.82 Å². The van der Waals surface area contributed by atoms with Crippen molar-refractivity contribution in [2.45, 2.75) is 27.7 Å².